The fourth-order valence-electron chi connectivity index (χ4n) is 3.49. The lowest BCUT2D eigenvalue weighted by Crippen LogP contribution is -2.28. The summed E-state index contributed by atoms with van der Waals surface area (Å²) in [4.78, 5) is 11.8. The maximum atomic E-state index is 11.8. The van der Waals surface area contributed by atoms with E-state index in [9.17, 15) is 4.79 Å². The molecule has 3 atom stereocenters. The van der Waals surface area contributed by atoms with Crippen LogP contribution in [0.15, 0.2) is 18.2 Å². The molecule has 0 aromatic heterocycles. The molecule has 1 saturated carbocycles. The third-order valence-corrected chi connectivity index (χ3v) is 5.08. The first-order chi connectivity index (χ1) is 9.63. The molecule has 3 unspecified atom stereocenters. The van der Waals surface area contributed by atoms with Gasteiger partial charge in [0.05, 0.1) is 6.10 Å². The van der Waals surface area contributed by atoms with Crippen molar-refractivity contribution in [3.8, 4) is 5.75 Å². The smallest absolute Gasteiger partial charge is 0.163 e. The van der Waals surface area contributed by atoms with Gasteiger partial charge in [0.15, 0.2) is 5.78 Å². The molecule has 2 nitrogen and oxygen atoms in total. The summed E-state index contributed by atoms with van der Waals surface area (Å²) in [5, 5.41) is 0. The molecule has 0 N–H and O–H groups in total. The van der Waals surface area contributed by atoms with Gasteiger partial charge in [0.1, 0.15) is 5.75 Å². The molecule has 108 valence electrons. The van der Waals surface area contributed by atoms with Crippen LogP contribution < -0.4 is 4.74 Å². The van der Waals surface area contributed by atoms with E-state index in [2.05, 4.69) is 19.9 Å². The van der Waals surface area contributed by atoms with E-state index >= 15 is 0 Å². The van der Waals surface area contributed by atoms with Crippen LogP contribution in [0.1, 0.15) is 61.9 Å². The zero-order valence-corrected chi connectivity index (χ0v) is 12.5. The van der Waals surface area contributed by atoms with E-state index in [0.29, 0.717) is 12.5 Å². The van der Waals surface area contributed by atoms with Crippen molar-refractivity contribution in [3.63, 3.8) is 0 Å². The van der Waals surface area contributed by atoms with Gasteiger partial charge in [0, 0.05) is 12.0 Å². The first-order valence-corrected chi connectivity index (χ1v) is 7.96. The van der Waals surface area contributed by atoms with Gasteiger partial charge >= 0.3 is 0 Å². The topological polar surface area (TPSA) is 26.3 Å². The van der Waals surface area contributed by atoms with Crippen molar-refractivity contribution in [2.75, 3.05) is 0 Å². The Labute approximate surface area is 121 Å². The Hall–Kier alpha value is -1.31. The molecule has 1 aromatic carbocycles. The van der Waals surface area contributed by atoms with Gasteiger partial charge in [0.2, 0.25) is 0 Å². The summed E-state index contributed by atoms with van der Waals surface area (Å²) in [6, 6.07) is 6.03. The number of carbonyl (C=O) groups is 1. The second-order valence-corrected chi connectivity index (χ2v) is 6.60. The van der Waals surface area contributed by atoms with Crippen LogP contribution in [-0.2, 0) is 6.42 Å². The normalized spacial score (nSPS) is 29.9. The van der Waals surface area contributed by atoms with Gasteiger partial charge < -0.3 is 4.74 Å². The number of ketones is 1. The lowest BCUT2D eigenvalue weighted by molar-refractivity contribution is 0.0969. The van der Waals surface area contributed by atoms with Crippen molar-refractivity contribution < 1.29 is 9.53 Å². The number of fused-ring (bicyclic) bond motifs is 1. The van der Waals surface area contributed by atoms with Crippen LogP contribution in [-0.4, -0.2) is 11.9 Å². The first-order valence-electron chi connectivity index (χ1n) is 7.96. The van der Waals surface area contributed by atoms with Crippen molar-refractivity contribution in [2.45, 2.75) is 58.5 Å². The minimum absolute atomic E-state index is 0.290. The quantitative estimate of drug-likeness (QED) is 0.797. The Morgan fingerprint density at radius 3 is 2.75 bits per heavy atom. The number of hydrogen-bond donors (Lipinski definition) is 0. The Morgan fingerprint density at radius 2 is 1.95 bits per heavy atom. The van der Waals surface area contributed by atoms with Gasteiger partial charge in [-0.1, -0.05) is 13.8 Å². The van der Waals surface area contributed by atoms with E-state index in [-0.39, 0.29) is 5.78 Å². The zero-order valence-electron chi connectivity index (χ0n) is 12.5. The maximum absolute atomic E-state index is 11.8. The lowest BCUT2D eigenvalue weighted by Gasteiger charge is -2.32. The molecule has 0 bridgehead atoms. The molecular formula is C18H24O2. The molecule has 1 aromatic rings. The Kier molecular flexibility index (Phi) is 3.82. The Bertz CT molecular complexity index is 506. The van der Waals surface area contributed by atoms with Crippen molar-refractivity contribution in [1.29, 1.82) is 0 Å². The fraction of sp³-hybridized carbons (Fsp3) is 0.611. The minimum atomic E-state index is 0.290. The molecule has 2 aliphatic carbocycles. The van der Waals surface area contributed by atoms with Gasteiger partial charge in [-0.05, 0) is 67.7 Å². The Morgan fingerprint density at radius 1 is 1.10 bits per heavy atom. The van der Waals surface area contributed by atoms with Gasteiger partial charge in [-0.25, -0.2) is 0 Å². The highest BCUT2D eigenvalue weighted by atomic mass is 16.5. The first kappa shape index (κ1) is 13.7. The summed E-state index contributed by atoms with van der Waals surface area (Å²) in [6.45, 7) is 4.66. The molecule has 1 fully saturated rings. The van der Waals surface area contributed by atoms with Crippen LogP contribution >= 0.6 is 0 Å². The van der Waals surface area contributed by atoms with Gasteiger partial charge in [-0.2, -0.15) is 0 Å². The number of Topliss-reactive ketones (excluding diaryl/α,β-unsaturated/α-hetero) is 1. The molecule has 0 amide bonds. The highest BCUT2D eigenvalue weighted by molar-refractivity contribution is 5.98. The molecule has 2 heteroatoms. The van der Waals surface area contributed by atoms with Crippen LogP contribution in [0.25, 0.3) is 0 Å². The second kappa shape index (κ2) is 5.59. The van der Waals surface area contributed by atoms with Crippen LogP contribution in [0.4, 0.5) is 0 Å². The largest absolute Gasteiger partial charge is 0.490 e. The van der Waals surface area contributed by atoms with Crippen molar-refractivity contribution >= 4 is 5.78 Å². The summed E-state index contributed by atoms with van der Waals surface area (Å²) in [7, 11) is 0. The predicted molar refractivity (Wildman–Crippen MR) is 80.3 cm³/mol. The average Bonchev–Trinajstić information content (AvgIpc) is 2.43. The second-order valence-electron chi connectivity index (χ2n) is 6.60. The van der Waals surface area contributed by atoms with E-state index in [4.69, 9.17) is 4.74 Å². The van der Waals surface area contributed by atoms with Crippen molar-refractivity contribution in [3.05, 3.63) is 29.3 Å². The van der Waals surface area contributed by atoms with Gasteiger partial charge in [-0.15, -0.1) is 0 Å². The molecule has 0 spiro atoms. The summed E-state index contributed by atoms with van der Waals surface area (Å²) < 4.78 is 6.16. The third kappa shape index (κ3) is 2.74. The van der Waals surface area contributed by atoms with Gasteiger partial charge in [0.25, 0.3) is 0 Å². The molecule has 0 radical (unpaired) electrons. The van der Waals surface area contributed by atoms with Crippen LogP contribution in [0.5, 0.6) is 5.75 Å². The number of benzene rings is 1. The van der Waals surface area contributed by atoms with E-state index in [0.717, 1.165) is 48.8 Å². The van der Waals surface area contributed by atoms with E-state index in [1.54, 1.807) is 0 Å². The van der Waals surface area contributed by atoms with E-state index in [1.165, 1.54) is 12.0 Å². The standard InChI is InChI=1S/C18H24O2/c1-12-6-7-15(10-13(12)2)20-16-8-9-17-14(11-16)4-3-5-18(17)19/h8-9,11-13,15H,3-7,10H2,1-2H3. The summed E-state index contributed by atoms with van der Waals surface area (Å²) in [5.41, 5.74) is 2.09. The monoisotopic (exact) mass is 272 g/mol. The maximum Gasteiger partial charge on any atom is 0.163 e. The molecule has 0 aliphatic heterocycles. The zero-order chi connectivity index (χ0) is 14.1. The highest BCUT2D eigenvalue weighted by Gasteiger charge is 2.26. The molecule has 3 rings (SSSR count). The van der Waals surface area contributed by atoms with Crippen LogP contribution in [0.3, 0.4) is 0 Å². The lowest BCUT2D eigenvalue weighted by atomic mass is 9.80. The average molecular weight is 272 g/mol. The Balaban J connectivity index is 1.71. The molecular weight excluding hydrogens is 248 g/mol. The number of aryl methyl sites for hydroxylation is 1. The predicted octanol–water partition coefficient (Wildman–Crippen LogP) is 4.41. The summed E-state index contributed by atoms with van der Waals surface area (Å²) in [6.07, 6.45) is 6.60. The summed E-state index contributed by atoms with van der Waals surface area (Å²) >= 11 is 0. The van der Waals surface area contributed by atoms with Crippen molar-refractivity contribution in [1.82, 2.24) is 0 Å². The highest BCUT2D eigenvalue weighted by Crippen LogP contribution is 2.33. The number of ether oxygens (including phenoxy) is 1. The number of rotatable bonds is 2. The number of carbonyl (C=O) groups excluding carboxylic acids is 1. The van der Waals surface area contributed by atoms with Crippen LogP contribution in [0.2, 0.25) is 0 Å². The number of hydrogen-bond acceptors (Lipinski definition) is 2. The molecule has 0 saturated heterocycles. The molecule has 20 heavy (non-hydrogen) atoms. The van der Waals surface area contributed by atoms with Crippen LogP contribution in [0, 0.1) is 11.8 Å². The van der Waals surface area contributed by atoms with Crippen molar-refractivity contribution in [2.24, 2.45) is 11.8 Å². The molecule has 2 aliphatic rings. The SMILES string of the molecule is CC1CCC(Oc2ccc3c(c2)CCCC3=O)CC1C. The summed E-state index contributed by atoms with van der Waals surface area (Å²) in [5.74, 6) is 2.80. The van der Waals surface area contributed by atoms with Gasteiger partial charge in [-0.3, -0.25) is 4.79 Å². The third-order valence-electron chi connectivity index (χ3n) is 5.08. The molecule has 0 heterocycles. The van der Waals surface area contributed by atoms with E-state index in [1.807, 2.05) is 12.1 Å². The van der Waals surface area contributed by atoms with E-state index < -0.39 is 0 Å². The minimum Gasteiger partial charge on any atom is -0.490 e. The fourth-order valence-corrected chi connectivity index (χ4v) is 3.49.